The normalized spacial score (nSPS) is 25.7. The Kier molecular flexibility index (Phi) is 23.7. The zero-order valence-corrected chi connectivity index (χ0v) is 40.3. The number of carboxylic acid groups (broad SMARTS) is 1. The summed E-state index contributed by atoms with van der Waals surface area (Å²) in [6.45, 7) is 25.8. The minimum absolute atomic E-state index is 0. The quantitative estimate of drug-likeness (QED) is 0.0428. The molecule has 342 valence electrons. The van der Waals surface area contributed by atoms with Gasteiger partial charge in [0.05, 0.1) is 19.1 Å². The molecule has 0 aromatic carbocycles. The molecule has 0 spiro atoms. The first kappa shape index (κ1) is 57.1. The second kappa shape index (κ2) is 25.3. The van der Waals surface area contributed by atoms with Gasteiger partial charge in [0.2, 0.25) is 17.7 Å². The first-order valence-corrected chi connectivity index (χ1v) is 20.5. The van der Waals surface area contributed by atoms with Gasteiger partial charge in [-0.1, -0.05) is 75.5 Å². The van der Waals surface area contributed by atoms with Gasteiger partial charge in [0.15, 0.2) is 0 Å². The Morgan fingerprint density at radius 3 is 1.64 bits per heavy atom. The van der Waals surface area contributed by atoms with Gasteiger partial charge >= 0.3 is 47.8 Å². The van der Waals surface area contributed by atoms with Crippen LogP contribution in [0.4, 0.5) is 14.4 Å². The summed E-state index contributed by atoms with van der Waals surface area (Å²) < 4.78 is 21.3. The van der Waals surface area contributed by atoms with Gasteiger partial charge in [0.25, 0.3) is 0 Å². The average Bonchev–Trinajstić information content (AvgIpc) is 3.16. The number of amides is 6. The molecule has 0 radical (unpaired) electrons. The van der Waals surface area contributed by atoms with Crippen molar-refractivity contribution in [2.24, 2.45) is 39.2 Å². The van der Waals surface area contributed by atoms with Crippen molar-refractivity contribution in [3.05, 3.63) is 25.3 Å². The fourth-order valence-electron chi connectivity index (χ4n) is 8.30. The standard InChI is InChI=1S/C39H67N5O11.C3H5NO.Na/c1-12-29(45)40-15-16-53-34(51)44-28-18-35(6,7)25(4)37(10,19-28)22-41-30(46)21-55-39(13-2,31(47)48)24-54-32(49)42-23-38(11)20-27(43-33(50)52-14-3)17-36(8,9)26(38)5;1-2-3(4)5;/h12,25-28H,1,13-24H2,2-11H3,(H,40,45)(H,41,46)(H,42,49)(H,43,50)(H,44,51)(H,47,48);2H,1H2,(H2,4,5);/q;;+1/p-1. The van der Waals surface area contributed by atoms with Gasteiger partial charge in [0, 0.05) is 25.2 Å². The van der Waals surface area contributed by atoms with E-state index in [4.69, 9.17) is 18.9 Å². The molecule has 2 aliphatic carbocycles. The van der Waals surface area contributed by atoms with Crippen LogP contribution in [-0.4, -0.2) is 106 Å². The molecule has 2 fully saturated rings. The molecule has 7 unspecified atom stereocenters. The van der Waals surface area contributed by atoms with Crippen LogP contribution in [0.1, 0.15) is 101 Å². The number of hydrogen-bond donors (Lipinski definition) is 6. The Hall–Kier alpha value is -3.87. The number of ether oxygens (including phenoxy) is 4. The van der Waals surface area contributed by atoms with Crippen LogP contribution in [0.5, 0.6) is 0 Å². The summed E-state index contributed by atoms with van der Waals surface area (Å²) in [6.07, 6.45) is 2.58. The number of carbonyl (C=O) groups is 7. The van der Waals surface area contributed by atoms with Gasteiger partial charge < -0.3 is 61.2 Å². The molecular formula is C42H71N6NaO12. The second-order valence-electron chi connectivity index (χ2n) is 17.8. The minimum atomic E-state index is -2.08. The first-order valence-electron chi connectivity index (χ1n) is 20.5. The molecule has 2 saturated carbocycles. The van der Waals surface area contributed by atoms with Crippen molar-refractivity contribution >= 4 is 42.0 Å². The maximum absolute atomic E-state index is 13.1. The Bertz CT molecular complexity index is 1550. The molecular weight excluding hydrogens is 803 g/mol. The van der Waals surface area contributed by atoms with E-state index in [1.807, 2.05) is 13.8 Å². The molecule has 0 aromatic heterocycles. The first-order chi connectivity index (χ1) is 27.7. The van der Waals surface area contributed by atoms with Gasteiger partial charge in [-0.25, -0.2) is 14.4 Å². The van der Waals surface area contributed by atoms with E-state index in [2.05, 4.69) is 87.0 Å². The molecule has 7 N–H and O–H groups in total. The van der Waals surface area contributed by atoms with E-state index < -0.39 is 65.7 Å². The number of rotatable bonds is 19. The molecule has 0 saturated heterocycles. The monoisotopic (exact) mass is 875 g/mol. The molecule has 0 heterocycles. The average molecular weight is 875 g/mol. The van der Waals surface area contributed by atoms with E-state index in [1.54, 1.807) is 6.92 Å². The topological polar surface area (TPSA) is 266 Å². The summed E-state index contributed by atoms with van der Waals surface area (Å²) >= 11 is 0. The van der Waals surface area contributed by atoms with Crippen molar-refractivity contribution in [2.45, 2.75) is 119 Å². The maximum atomic E-state index is 13.1. The Labute approximate surface area is 383 Å². The molecule has 0 aliphatic heterocycles. The van der Waals surface area contributed by atoms with E-state index in [0.717, 1.165) is 18.6 Å². The molecule has 0 bridgehead atoms. The number of carbonyl (C=O) groups excluding carboxylic acids is 7. The summed E-state index contributed by atoms with van der Waals surface area (Å²) in [7, 11) is 0. The summed E-state index contributed by atoms with van der Waals surface area (Å²) in [5.41, 5.74) is 1.14. The number of alkyl carbamates (subject to hydrolysis) is 3. The fraction of sp³-hybridized carbons (Fsp3) is 0.738. The number of primary amides is 1. The Balaban J connectivity index is 0.00000564. The molecule has 0 aromatic rings. The van der Waals surface area contributed by atoms with Crippen molar-refractivity contribution in [3.63, 3.8) is 0 Å². The SMILES string of the molecule is C=CC(=O)NCCOC(=O)NC1CC(C)(C)C(C)C(C)(CNC(=O)COC(CC)(COC(=O)NCC2(C)CC(NC(=O)OCC)CC(C)(C)C2C)C(=O)[O-])C1.C=CC(N)=O.[Na+]. The Morgan fingerprint density at radius 2 is 1.21 bits per heavy atom. The number of nitrogens with one attached hydrogen (secondary N) is 5. The van der Waals surface area contributed by atoms with E-state index in [9.17, 15) is 38.7 Å². The minimum Gasteiger partial charge on any atom is -0.547 e. The van der Waals surface area contributed by atoms with Crippen LogP contribution in [0.2, 0.25) is 0 Å². The van der Waals surface area contributed by atoms with Crippen molar-refractivity contribution < 1.29 is 87.2 Å². The predicted octanol–water partition coefficient (Wildman–Crippen LogP) is -0.158. The smallest absolute Gasteiger partial charge is 0.547 e. The van der Waals surface area contributed by atoms with E-state index in [1.165, 1.54) is 6.92 Å². The maximum Gasteiger partial charge on any atom is 1.00 e. The number of carboxylic acids is 1. The number of aliphatic carboxylic acids is 1. The van der Waals surface area contributed by atoms with Gasteiger partial charge in [0.1, 0.15) is 25.4 Å². The van der Waals surface area contributed by atoms with Gasteiger partial charge in [-0.15, -0.1) is 0 Å². The summed E-state index contributed by atoms with van der Waals surface area (Å²) in [4.78, 5) is 83.8. The number of nitrogens with two attached hydrogens (primary N) is 1. The van der Waals surface area contributed by atoms with Gasteiger partial charge in [-0.05, 0) is 84.7 Å². The van der Waals surface area contributed by atoms with E-state index in [-0.39, 0.29) is 109 Å². The molecule has 7 atom stereocenters. The van der Waals surface area contributed by atoms with Crippen LogP contribution in [0, 0.1) is 33.5 Å². The zero-order chi connectivity index (χ0) is 46.1. The van der Waals surface area contributed by atoms with Gasteiger partial charge in [-0.2, -0.15) is 0 Å². The molecule has 18 nitrogen and oxygen atoms in total. The van der Waals surface area contributed by atoms with Crippen LogP contribution in [0.3, 0.4) is 0 Å². The molecule has 2 rings (SSSR count). The predicted molar refractivity (Wildman–Crippen MR) is 222 cm³/mol. The summed E-state index contributed by atoms with van der Waals surface area (Å²) in [5.74, 6) is -2.80. The van der Waals surface area contributed by atoms with Crippen LogP contribution in [0.15, 0.2) is 25.3 Å². The fourth-order valence-corrected chi connectivity index (χ4v) is 8.30. The second-order valence-corrected chi connectivity index (χ2v) is 17.8. The van der Waals surface area contributed by atoms with Crippen LogP contribution in [0.25, 0.3) is 0 Å². The van der Waals surface area contributed by atoms with E-state index >= 15 is 0 Å². The van der Waals surface area contributed by atoms with E-state index in [0.29, 0.717) is 19.3 Å². The van der Waals surface area contributed by atoms with Crippen LogP contribution in [-0.2, 0) is 38.1 Å². The van der Waals surface area contributed by atoms with Crippen molar-refractivity contribution in [2.75, 3.05) is 46.1 Å². The molecule has 2 aliphatic rings. The molecule has 19 heteroatoms. The third-order valence-corrected chi connectivity index (χ3v) is 12.5. The third-order valence-electron chi connectivity index (χ3n) is 12.5. The zero-order valence-electron chi connectivity index (χ0n) is 38.3. The molecule has 61 heavy (non-hydrogen) atoms. The van der Waals surface area contributed by atoms with Crippen molar-refractivity contribution in [1.29, 1.82) is 0 Å². The Morgan fingerprint density at radius 1 is 0.738 bits per heavy atom. The van der Waals surface area contributed by atoms with Crippen LogP contribution < -0.4 is 67.0 Å². The largest absolute Gasteiger partial charge is 1.00 e. The van der Waals surface area contributed by atoms with Crippen molar-refractivity contribution in [1.82, 2.24) is 26.6 Å². The summed E-state index contributed by atoms with van der Waals surface area (Å²) in [5, 5.41) is 26.3. The number of hydrogen-bond acceptors (Lipinski definition) is 12. The third kappa shape index (κ3) is 18.2. The molecule has 6 amide bonds. The van der Waals surface area contributed by atoms with Crippen molar-refractivity contribution in [3.8, 4) is 0 Å². The summed E-state index contributed by atoms with van der Waals surface area (Å²) in [6, 6.07) is -0.433. The van der Waals surface area contributed by atoms with Crippen LogP contribution >= 0.6 is 0 Å². The van der Waals surface area contributed by atoms with Gasteiger partial charge in [-0.3, -0.25) is 14.4 Å².